The molecule has 0 saturated heterocycles. The van der Waals surface area contributed by atoms with Crippen molar-refractivity contribution in [3.8, 4) is 22.5 Å². The predicted octanol–water partition coefficient (Wildman–Crippen LogP) is 1.63. The number of rotatable bonds is 4. The van der Waals surface area contributed by atoms with Crippen molar-refractivity contribution in [2.24, 2.45) is 0 Å². The van der Waals surface area contributed by atoms with Crippen LogP contribution >= 0.6 is 0 Å². The molecule has 1 aromatic heterocycles. The van der Waals surface area contributed by atoms with Gasteiger partial charge in [0.1, 0.15) is 0 Å². The first kappa shape index (κ1) is 18.3. The lowest BCUT2D eigenvalue weighted by Crippen LogP contribution is -2.31. The molecule has 3 aromatic carbocycles. The average molecular weight is 372 g/mol. The van der Waals surface area contributed by atoms with Gasteiger partial charge in [-0.25, -0.2) is 9.97 Å². The van der Waals surface area contributed by atoms with Crippen molar-refractivity contribution in [2.45, 2.75) is 6.29 Å². The summed E-state index contributed by atoms with van der Waals surface area (Å²) in [5, 5.41) is 39.0. The standard InChI is InChI=1S/C21H17BN2O4/c25-21(26)15-11-12-16(22(27)28)20-19(15)23-17(13-7-3-1-4-8-13)18(24-20)14-9-5-2-6-10-14/h1-12,21,25-28H. The molecule has 0 aliphatic heterocycles. The zero-order chi connectivity index (χ0) is 19.7. The van der Waals surface area contributed by atoms with Gasteiger partial charge in [-0.2, -0.15) is 0 Å². The average Bonchev–Trinajstić information content (AvgIpc) is 2.73. The van der Waals surface area contributed by atoms with E-state index in [0.29, 0.717) is 11.4 Å². The highest BCUT2D eigenvalue weighted by Crippen LogP contribution is 2.32. The van der Waals surface area contributed by atoms with E-state index in [0.717, 1.165) is 11.1 Å². The fourth-order valence-electron chi connectivity index (χ4n) is 3.19. The Kier molecular flexibility index (Phi) is 4.89. The maximum absolute atomic E-state index is 9.76. The molecule has 4 aromatic rings. The monoisotopic (exact) mass is 372 g/mol. The summed E-state index contributed by atoms with van der Waals surface area (Å²) in [6.45, 7) is 0. The molecule has 0 spiro atoms. The van der Waals surface area contributed by atoms with Gasteiger partial charge in [-0.1, -0.05) is 72.8 Å². The number of nitrogens with zero attached hydrogens (tertiary/aromatic N) is 2. The second-order valence-corrected chi connectivity index (χ2v) is 6.34. The van der Waals surface area contributed by atoms with Crippen LogP contribution in [0, 0.1) is 0 Å². The predicted molar refractivity (Wildman–Crippen MR) is 107 cm³/mol. The summed E-state index contributed by atoms with van der Waals surface area (Å²) in [4.78, 5) is 9.36. The molecule has 7 heteroatoms. The topological polar surface area (TPSA) is 107 Å². The molecule has 4 rings (SSSR count). The minimum absolute atomic E-state index is 0.142. The first-order valence-corrected chi connectivity index (χ1v) is 8.74. The van der Waals surface area contributed by atoms with Crippen molar-refractivity contribution < 1.29 is 20.3 Å². The third-order valence-electron chi connectivity index (χ3n) is 4.54. The van der Waals surface area contributed by atoms with E-state index in [-0.39, 0.29) is 22.1 Å². The van der Waals surface area contributed by atoms with Crippen molar-refractivity contribution >= 4 is 23.6 Å². The van der Waals surface area contributed by atoms with E-state index in [1.807, 2.05) is 60.7 Å². The Bertz CT molecular complexity index is 1030. The molecule has 0 saturated carbocycles. The molecule has 6 nitrogen and oxygen atoms in total. The van der Waals surface area contributed by atoms with Crippen LogP contribution in [0.15, 0.2) is 72.8 Å². The lowest BCUT2D eigenvalue weighted by Gasteiger charge is -2.15. The quantitative estimate of drug-likeness (QED) is 0.321. The fourth-order valence-corrected chi connectivity index (χ4v) is 3.19. The maximum atomic E-state index is 9.76. The molecule has 138 valence electrons. The van der Waals surface area contributed by atoms with Crippen LogP contribution < -0.4 is 5.46 Å². The maximum Gasteiger partial charge on any atom is 0.490 e. The number of benzene rings is 3. The summed E-state index contributed by atoms with van der Waals surface area (Å²) in [5.41, 5.74) is 3.44. The van der Waals surface area contributed by atoms with Crippen LogP contribution in [0.1, 0.15) is 11.9 Å². The highest BCUT2D eigenvalue weighted by Gasteiger charge is 2.23. The zero-order valence-corrected chi connectivity index (χ0v) is 14.8. The van der Waals surface area contributed by atoms with Crippen molar-refractivity contribution in [1.82, 2.24) is 9.97 Å². The van der Waals surface area contributed by atoms with Gasteiger partial charge in [0.05, 0.1) is 22.4 Å². The van der Waals surface area contributed by atoms with Crippen LogP contribution in [-0.4, -0.2) is 37.3 Å². The number of fused-ring (bicyclic) bond motifs is 1. The molecule has 0 bridgehead atoms. The molecule has 0 unspecified atom stereocenters. The molecule has 4 N–H and O–H groups in total. The number of hydrogen-bond acceptors (Lipinski definition) is 6. The van der Waals surface area contributed by atoms with Gasteiger partial charge in [0, 0.05) is 22.2 Å². The third-order valence-corrected chi connectivity index (χ3v) is 4.54. The molecule has 1 heterocycles. The molecular formula is C21H17BN2O4. The Morgan fingerprint density at radius 1 is 0.643 bits per heavy atom. The van der Waals surface area contributed by atoms with Gasteiger partial charge in [-0.05, 0) is 0 Å². The van der Waals surface area contributed by atoms with E-state index in [2.05, 4.69) is 9.97 Å². The van der Waals surface area contributed by atoms with E-state index < -0.39 is 13.4 Å². The Labute approximate surface area is 161 Å². The van der Waals surface area contributed by atoms with E-state index in [9.17, 15) is 20.3 Å². The Hall–Kier alpha value is -3.10. The van der Waals surface area contributed by atoms with Crippen LogP contribution in [0.4, 0.5) is 0 Å². The molecule has 0 amide bonds. The third kappa shape index (κ3) is 3.28. The van der Waals surface area contributed by atoms with Gasteiger partial charge in [0.15, 0.2) is 6.29 Å². The highest BCUT2D eigenvalue weighted by molar-refractivity contribution is 6.61. The van der Waals surface area contributed by atoms with E-state index >= 15 is 0 Å². The van der Waals surface area contributed by atoms with Crippen LogP contribution in [-0.2, 0) is 0 Å². The van der Waals surface area contributed by atoms with E-state index in [4.69, 9.17) is 0 Å². The van der Waals surface area contributed by atoms with Gasteiger partial charge < -0.3 is 20.3 Å². The second kappa shape index (κ2) is 7.50. The van der Waals surface area contributed by atoms with Crippen molar-refractivity contribution in [1.29, 1.82) is 0 Å². The van der Waals surface area contributed by atoms with Crippen molar-refractivity contribution in [3.63, 3.8) is 0 Å². The largest absolute Gasteiger partial charge is 0.490 e. The Balaban J connectivity index is 2.12. The van der Waals surface area contributed by atoms with Gasteiger partial charge in [-0.3, -0.25) is 0 Å². The summed E-state index contributed by atoms with van der Waals surface area (Å²) < 4.78 is 0. The first-order chi connectivity index (χ1) is 13.6. The summed E-state index contributed by atoms with van der Waals surface area (Å²) in [7, 11) is -1.77. The Morgan fingerprint density at radius 2 is 1.14 bits per heavy atom. The van der Waals surface area contributed by atoms with E-state index in [1.54, 1.807) is 0 Å². The summed E-state index contributed by atoms with van der Waals surface area (Å²) in [5.74, 6) is 0. The molecule has 0 aliphatic carbocycles. The summed E-state index contributed by atoms with van der Waals surface area (Å²) >= 11 is 0. The molecule has 28 heavy (non-hydrogen) atoms. The summed E-state index contributed by atoms with van der Waals surface area (Å²) in [6, 6.07) is 21.7. The number of aliphatic hydroxyl groups excluding tert-OH is 1. The SMILES string of the molecule is OB(O)c1ccc(C(O)O)c2nc(-c3ccccc3)c(-c3ccccc3)nc12. The minimum atomic E-state index is -1.77. The fraction of sp³-hybridized carbons (Fsp3) is 0.0476. The van der Waals surface area contributed by atoms with E-state index in [1.165, 1.54) is 12.1 Å². The molecule has 0 fully saturated rings. The molecule has 0 aliphatic rings. The Morgan fingerprint density at radius 3 is 1.61 bits per heavy atom. The summed E-state index contributed by atoms with van der Waals surface area (Å²) in [6.07, 6.45) is -1.77. The molecular weight excluding hydrogens is 355 g/mol. The highest BCUT2D eigenvalue weighted by atomic mass is 16.5. The van der Waals surface area contributed by atoms with Crippen LogP contribution in [0.2, 0.25) is 0 Å². The van der Waals surface area contributed by atoms with Gasteiger partial charge in [-0.15, -0.1) is 0 Å². The van der Waals surface area contributed by atoms with Gasteiger partial charge in [0.25, 0.3) is 0 Å². The number of aliphatic hydroxyl groups is 2. The smallest absolute Gasteiger partial charge is 0.423 e. The zero-order valence-electron chi connectivity index (χ0n) is 14.8. The molecule has 0 atom stereocenters. The first-order valence-electron chi connectivity index (χ1n) is 8.74. The normalized spacial score (nSPS) is 11.2. The van der Waals surface area contributed by atoms with Crippen LogP contribution in [0.5, 0.6) is 0 Å². The second-order valence-electron chi connectivity index (χ2n) is 6.34. The van der Waals surface area contributed by atoms with Gasteiger partial charge in [0.2, 0.25) is 0 Å². The number of hydrogen-bond donors (Lipinski definition) is 4. The lowest BCUT2D eigenvalue weighted by atomic mass is 9.78. The number of aromatic nitrogens is 2. The minimum Gasteiger partial charge on any atom is -0.423 e. The van der Waals surface area contributed by atoms with Crippen molar-refractivity contribution in [2.75, 3.05) is 0 Å². The molecule has 0 radical (unpaired) electrons. The van der Waals surface area contributed by atoms with Crippen LogP contribution in [0.25, 0.3) is 33.5 Å². The van der Waals surface area contributed by atoms with Gasteiger partial charge >= 0.3 is 7.12 Å². The van der Waals surface area contributed by atoms with Crippen molar-refractivity contribution in [3.05, 3.63) is 78.4 Å². The lowest BCUT2D eigenvalue weighted by molar-refractivity contribution is -0.0414. The van der Waals surface area contributed by atoms with Crippen LogP contribution in [0.3, 0.4) is 0 Å².